The van der Waals surface area contributed by atoms with Crippen LogP contribution in [0.5, 0.6) is 0 Å². The molecule has 0 aliphatic heterocycles. The number of carbonyl (C=O) groups is 1. The van der Waals surface area contributed by atoms with E-state index in [2.05, 4.69) is 24.3 Å². The summed E-state index contributed by atoms with van der Waals surface area (Å²) in [5.41, 5.74) is 3.98. The number of hydrogen-bond acceptors (Lipinski definition) is 2. The first-order chi connectivity index (χ1) is 13.7. The van der Waals surface area contributed by atoms with Crippen molar-refractivity contribution in [2.45, 2.75) is 82.1 Å². The van der Waals surface area contributed by atoms with Crippen LogP contribution in [0.25, 0.3) is 0 Å². The highest BCUT2D eigenvalue weighted by Crippen LogP contribution is 2.34. The van der Waals surface area contributed by atoms with Gasteiger partial charge in [0.25, 0.3) is 0 Å². The molecule has 1 unspecified atom stereocenters. The summed E-state index contributed by atoms with van der Waals surface area (Å²) in [5.74, 6) is 1.07. The van der Waals surface area contributed by atoms with Gasteiger partial charge in [-0.3, -0.25) is 4.79 Å². The molecule has 0 radical (unpaired) electrons. The highest BCUT2D eigenvalue weighted by atomic mass is 16.3. The Morgan fingerprint density at radius 3 is 1.57 bits per heavy atom. The van der Waals surface area contributed by atoms with E-state index in [-0.39, 0.29) is 5.78 Å². The van der Waals surface area contributed by atoms with E-state index in [1.54, 1.807) is 0 Å². The van der Waals surface area contributed by atoms with Crippen LogP contribution in [0.3, 0.4) is 0 Å². The normalized spacial score (nSPS) is 20.0. The molecular weight excluding hydrogens is 344 g/mol. The lowest BCUT2D eigenvalue weighted by molar-refractivity contribution is 0.0747. The summed E-state index contributed by atoms with van der Waals surface area (Å²) >= 11 is 0. The maximum absolute atomic E-state index is 12.8. The molecule has 2 nitrogen and oxygen atoms in total. The number of benzene rings is 2. The summed E-state index contributed by atoms with van der Waals surface area (Å²) in [6, 6.07) is 16.0. The molecular formula is C26H32O2. The van der Waals surface area contributed by atoms with Crippen molar-refractivity contribution >= 4 is 5.78 Å². The largest absolute Gasteiger partial charge is 0.380 e. The van der Waals surface area contributed by atoms with Crippen molar-refractivity contribution in [3.8, 4) is 0 Å². The number of ketones is 1. The van der Waals surface area contributed by atoms with Gasteiger partial charge in [0.2, 0.25) is 0 Å². The van der Waals surface area contributed by atoms with E-state index in [0.717, 1.165) is 0 Å². The van der Waals surface area contributed by atoms with Gasteiger partial charge in [0.1, 0.15) is 6.10 Å². The van der Waals surface area contributed by atoms with E-state index in [9.17, 15) is 9.90 Å². The van der Waals surface area contributed by atoms with Gasteiger partial charge >= 0.3 is 0 Å². The fraction of sp³-hybridized carbons (Fsp3) is 0.500. The number of carbonyl (C=O) groups excluding carboxylic acids is 1. The molecule has 28 heavy (non-hydrogen) atoms. The summed E-state index contributed by atoms with van der Waals surface area (Å²) in [6.07, 6.45) is 11.9. The van der Waals surface area contributed by atoms with Gasteiger partial charge in [-0.1, -0.05) is 87.1 Å². The zero-order chi connectivity index (χ0) is 19.3. The maximum atomic E-state index is 12.8. The van der Waals surface area contributed by atoms with E-state index >= 15 is 0 Å². The third-order valence-electron chi connectivity index (χ3n) is 6.85. The molecule has 148 valence electrons. The van der Waals surface area contributed by atoms with Gasteiger partial charge in [0.05, 0.1) is 0 Å². The predicted molar refractivity (Wildman–Crippen MR) is 114 cm³/mol. The summed E-state index contributed by atoms with van der Waals surface area (Å²) in [6.45, 7) is 0. The third-order valence-corrected chi connectivity index (χ3v) is 6.85. The Labute approximate surface area is 169 Å². The molecule has 4 rings (SSSR count). The van der Waals surface area contributed by atoms with Crippen LogP contribution < -0.4 is 0 Å². The lowest BCUT2D eigenvalue weighted by Crippen LogP contribution is -2.13. The minimum absolute atomic E-state index is 0.208. The molecule has 1 atom stereocenters. The van der Waals surface area contributed by atoms with Crippen molar-refractivity contribution in [1.29, 1.82) is 0 Å². The fourth-order valence-electron chi connectivity index (χ4n) is 5.05. The van der Waals surface area contributed by atoms with Crippen LogP contribution in [0.2, 0.25) is 0 Å². The first-order valence-electron chi connectivity index (χ1n) is 11.1. The zero-order valence-corrected chi connectivity index (χ0v) is 16.8. The second-order valence-electron chi connectivity index (χ2n) is 8.73. The molecule has 2 aromatic rings. The fourth-order valence-corrected chi connectivity index (χ4v) is 5.05. The number of Topliss-reactive ketones (excluding diaryl/α,β-unsaturated/α-hetero) is 1. The topological polar surface area (TPSA) is 37.3 Å². The number of aliphatic hydroxyl groups excluding tert-OH is 1. The van der Waals surface area contributed by atoms with Crippen molar-refractivity contribution in [1.82, 2.24) is 0 Å². The van der Waals surface area contributed by atoms with Crippen molar-refractivity contribution in [2.24, 2.45) is 0 Å². The van der Waals surface area contributed by atoms with Crippen LogP contribution in [0.4, 0.5) is 0 Å². The monoisotopic (exact) mass is 376 g/mol. The van der Waals surface area contributed by atoms with Gasteiger partial charge in [0, 0.05) is 5.56 Å². The van der Waals surface area contributed by atoms with Crippen LogP contribution in [-0.4, -0.2) is 10.9 Å². The predicted octanol–water partition coefficient (Wildman–Crippen LogP) is 6.70. The third kappa shape index (κ3) is 4.38. The molecule has 2 fully saturated rings. The van der Waals surface area contributed by atoms with Crippen molar-refractivity contribution in [3.63, 3.8) is 0 Å². The van der Waals surface area contributed by atoms with Crippen LogP contribution in [-0.2, 0) is 0 Å². The lowest BCUT2D eigenvalue weighted by atomic mass is 9.83. The molecule has 2 aromatic carbocycles. The van der Waals surface area contributed by atoms with Crippen LogP contribution >= 0.6 is 0 Å². The van der Waals surface area contributed by atoms with Gasteiger partial charge in [-0.05, 0) is 54.2 Å². The van der Waals surface area contributed by atoms with E-state index in [0.29, 0.717) is 23.0 Å². The first kappa shape index (κ1) is 19.4. The SMILES string of the molecule is O=C(c1ccc(C2CCCCC2)cc1)C(O)c1ccc(C2CCCCC2)cc1. The lowest BCUT2D eigenvalue weighted by Gasteiger charge is -2.22. The van der Waals surface area contributed by atoms with Crippen LogP contribution in [0.1, 0.15) is 109 Å². The molecule has 0 bridgehead atoms. The molecule has 2 heteroatoms. The minimum Gasteiger partial charge on any atom is -0.380 e. The summed E-state index contributed by atoms with van der Waals surface area (Å²) < 4.78 is 0. The molecule has 2 aliphatic rings. The van der Waals surface area contributed by atoms with Gasteiger partial charge in [0.15, 0.2) is 5.78 Å². The second-order valence-corrected chi connectivity index (χ2v) is 8.73. The molecule has 2 saturated carbocycles. The average molecular weight is 377 g/mol. The second kappa shape index (κ2) is 9.05. The van der Waals surface area contributed by atoms with Crippen molar-refractivity contribution in [2.75, 3.05) is 0 Å². The first-order valence-corrected chi connectivity index (χ1v) is 11.1. The molecule has 2 aliphatic carbocycles. The Bertz CT molecular complexity index is 763. The van der Waals surface area contributed by atoms with Crippen LogP contribution in [0.15, 0.2) is 48.5 Å². The Balaban J connectivity index is 1.42. The van der Waals surface area contributed by atoms with Crippen LogP contribution in [0, 0.1) is 0 Å². The minimum atomic E-state index is -1.08. The smallest absolute Gasteiger partial charge is 0.195 e. The average Bonchev–Trinajstić information content (AvgIpc) is 2.79. The molecule has 1 N–H and O–H groups in total. The number of rotatable bonds is 5. The molecule has 0 spiro atoms. The molecule has 0 aromatic heterocycles. The zero-order valence-electron chi connectivity index (χ0n) is 16.8. The molecule has 0 amide bonds. The van der Waals surface area contributed by atoms with Gasteiger partial charge in [-0.25, -0.2) is 0 Å². The summed E-state index contributed by atoms with van der Waals surface area (Å²) in [5, 5.41) is 10.6. The summed E-state index contributed by atoms with van der Waals surface area (Å²) in [7, 11) is 0. The molecule has 0 heterocycles. The quantitative estimate of drug-likeness (QED) is 0.590. The summed E-state index contributed by atoms with van der Waals surface area (Å²) in [4.78, 5) is 12.8. The Morgan fingerprint density at radius 1 is 0.679 bits per heavy atom. The van der Waals surface area contributed by atoms with Crippen molar-refractivity contribution < 1.29 is 9.90 Å². The number of hydrogen-bond donors (Lipinski definition) is 1. The molecule has 0 saturated heterocycles. The van der Waals surface area contributed by atoms with Gasteiger partial charge < -0.3 is 5.11 Å². The van der Waals surface area contributed by atoms with Crippen molar-refractivity contribution in [3.05, 3.63) is 70.8 Å². The Kier molecular flexibility index (Phi) is 6.26. The Hall–Kier alpha value is -1.93. The highest BCUT2D eigenvalue weighted by Gasteiger charge is 2.22. The van der Waals surface area contributed by atoms with Gasteiger partial charge in [-0.2, -0.15) is 0 Å². The standard InChI is InChI=1S/C26H32O2/c27-25(23-15-11-21(12-16-23)19-7-3-1-4-8-19)26(28)24-17-13-22(14-18-24)20-9-5-2-6-10-20/h11-20,25,27H,1-10H2. The highest BCUT2D eigenvalue weighted by molar-refractivity contribution is 5.99. The van der Waals surface area contributed by atoms with E-state index < -0.39 is 6.10 Å². The maximum Gasteiger partial charge on any atom is 0.195 e. The van der Waals surface area contributed by atoms with E-state index in [1.807, 2.05) is 24.3 Å². The van der Waals surface area contributed by atoms with Gasteiger partial charge in [-0.15, -0.1) is 0 Å². The number of aliphatic hydroxyl groups is 1. The van der Waals surface area contributed by atoms with E-state index in [4.69, 9.17) is 0 Å². The van der Waals surface area contributed by atoms with E-state index in [1.165, 1.54) is 75.3 Å². The Morgan fingerprint density at radius 2 is 1.11 bits per heavy atom.